The SMILES string of the molecule is O=c1[nH]nc2n1-c1ccc(Br)cc1SC2. The summed E-state index contributed by atoms with van der Waals surface area (Å²) in [5.74, 6) is 1.50. The van der Waals surface area contributed by atoms with Crippen LogP contribution in [0.3, 0.4) is 0 Å². The summed E-state index contributed by atoms with van der Waals surface area (Å²) in [6.07, 6.45) is 0. The molecule has 0 fully saturated rings. The molecule has 0 spiro atoms. The summed E-state index contributed by atoms with van der Waals surface area (Å²) in [7, 11) is 0. The molecule has 0 aliphatic carbocycles. The lowest BCUT2D eigenvalue weighted by Gasteiger charge is -2.16. The predicted octanol–water partition coefficient (Wildman–Crippen LogP) is 1.93. The smallest absolute Gasteiger partial charge is 0.246 e. The van der Waals surface area contributed by atoms with E-state index in [1.807, 2.05) is 18.2 Å². The second kappa shape index (κ2) is 3.24. The van der Waals surface area contributed by atoms with Gasteiger partial charge in [0, 0.05) is 9.37 Å². The summed E-state index contributed by atoms with van der Waals surface area (Å²) in [5, 5.41) is 6.44. The molecule has 0 atom stereocenters. The van der Waals surface area contributed by atoms with Gasteiger partial charge in [-0.05, 0) is 18.2 Å². The van der Waals surface area contributed by atoms with Crippen molar-refractivity contribution in [2.24, 2.45) is 0 Å². The number of H-pyrrole nitrogens is 1. The summed E-state index contributed by atoms with van der Waals surface area (Å²) >= 11 is 5.10. The molecule has 0 unspecified atom stereocenters. The zero-order valence-corrected chi connectivity index (χ0v) is 9.93. The first-order chi connectivity index (χ1) is 7.25. The van der Waals surface area contributed by atoms with Crippen LogP contribution in [0.15, 0.2) is 32.4 Å². The van der Waals surface area contributed by atoms with Crippen LogP contribution in [0.1, 0.15) is 5.82 Å². The maximum atomic E-state index is 11.5. The van der Waals surface area contributed by atoms with Crippen molar-refractivity contribution in [3.05, 3.63) is 39.0 Å². The molecule has 6 heteroatoms. The van der Waals surface area contributed by atoms with Gasteiger partial charge in [0.2, 0.25) is 0 Å². The molecule has 0 saturated heterocycles. The molecule has 1 aromatic heterocycles. The number of halogens is 1. The van der Waals surface area contributed by atoms with Crippen LogP contribution >= 0.6 is 27.7 Å². The number of nitrogens with one attached hydrogen (secondary N) is 1. The largest absolute Gasteiger partial charge is 0.348 e. The lowest BCUT2D eigenvalue weighted by molar-refractivity contribution is 0.896. The molecule has 0 amide bonds. The number of thioether (sulfide) groups is 1. The van der Waals surface area contributed by atoms with E-state index in [4.69, 9.17) is 0 Å². The van der Waals surface area contributed by atoms with Gasteiger partial charge in [-0.25, -0.2) is 14.5 Å². The van der Waals surface area contributed by atoms with Crippen LogP contribution in [-0.2, 0) is 5.75 Å². The van der Waals surface area contributed by atoms with E-state index in [1.165, 1.54) is 0 Å². The fourth-order valence-corrected chi connectivity index (χ4v) is 3.11. The van der Waals surface area contributed by atoms with E-state index in [-0.39, 0.29) is 5.69 Å². The number of rotatable bonds is 0. The van der Waals surface area contributed by atoms with Crippen LogP contribution in [0.5, 0.6) is 0 Å². The lowest BCUT2D eigenvalue weighted by atomic mass is 10.3. The molecule has 1 aliphatic heterocycles. The van der Waals surface area contributed by atoms with Crippen molar-refractivity contribution in [1.29, 1.82) is 0 Å². The number of aromatic amines is 1. The maximum absolute atomic E-state index is 11.5. The Morgan fingerprint density at radius 3 is 3.27 bits per heavy atom. The summed E-state index contributed by atoms with van der Waals surface area (Å²) < 4.78 is 2.65. The van der Waals surface area contributed by atoms with E-state index in [0.717, 1.165) is 26.6 Å². The Morgan fingerprint density at radius 1 is 1.53 bits per heavy atom. The van der Waals surface area contributed by atoms with Crippen molar-refractivity contribution >= 4 is 27.7 Å². The van der Waals surface area contributed by atoms with E-state index in [9.17, 15) is 4.79 Å². The van der Waals surface area contributed by atoms with E-state index in [1.54, 1.807) is 16.3 Å². The fourth-order valence-electron chi connectivity index (χ4n) is 1.61. The Balaban J connectivity index is 2.33. The Bertz CT molecular complexity index is 589. The third kappa shape index (κ3) is 1.36. The molecular formula is C9H6BrN3OS. The second-order valence-electron chi connectivity index (χ2n) is 3.18. The molecule has 1 aromatic carbocycles. The van der Waals surface area contributed by atoms with Gasteiger partial charge in [-0.15, -0.1) is 11.8 Å². The second-order valence-corrected chi connectivity index (χ2v) is 5.11. The highest BCUT2D eigenvalue weighted by molar-refractivity contribution is 9.10. The first-order valence-corrected chi connectivity index (χ1v) is 6.12. The van der Waals surface area contributed by atoms with E-state index >= 15 is 0 Å². The summed E-state index contributed by atoms with van der Waals surface area (Å²) in [6.45, 7) is 0. The Kier molecular flexibility index (Phi) is 2.00. The summed E-state index contributed by atoms with van der Waals surface area (Å²) in [5.41, 5.74) is 0.733. The molecule has 0 saturated carbocycles. The van der Waals surface area contributed by atoms with Crippen molar-refractivity contribution in [3.8, 4) is 5.69 Å². The van der Waals surface area contributed by atoms with Crippen LogP contribution < -0.4 is 5.69 Å². The first-order valence-electron chi connectivity index (χ1n) is 4.35. The average Bonchev–Trinajstić information content (AvgIpc) is 2.60. The molecule has 2 aromatic rings. The van der Waals surface area contributed by atoms with Crippen molar-refractivity contribution in [2.45, 2.75) is 10.6 Å². The van der Waals surface area contributed by atoms with Gasteiger partial charge in [-0.3, -0.25) is 0 Å². The van der Waals surface area contributed by atoms with Gasteiger partial charge in [0.05, 0.1) is 11.4 Å². The highest BCUT2D eigenvalue weighted by Crippen LogP contribution is 2.34. The Labute approximate surface area is 97.8 Å². The molecule has 4 nitrogen and oxygen atoms in total. The standard InChI is InChI=1S/C9H6BrN3OS/c10-5-1-2-6-7(3-5)15-4-8-11-12-9(14)13(6)8/h1-3H,4H2,(H,12,14). The number of aromatic nitrogens is 3. The predicted molar refractivity (Wildman–Crippen MR) is 61.4 cm³/mol. The summed E-state index contributed by atoms with van der Waals surface area (Å²) in [6, 6.07) is 5.86. The van der Waals surface area contributed by atoms with Crippen LogP contribution in [0.2, 0.25) is 0 Å². The normalized spacial score (nSPS) is 13.4. The van der Waals surface area contributed by atoms with Gasteiger partial charge in [-0.2, -0.15) is 5.10 Å². The summed E-state index contributed by atoms with van der Waals surface area (Å²) in [4.78, 5) is 12.6. The quantitative estimate of drug-likeness (QED) is 0.804. The molecule has 0 radical (unpaired) electrons. The van der Waals surface area contributed by atoms with Crippen molar-refractivity contribution in [2.75, 3.05) is 0 Å². The first kappa shape index (κ1) is 9.23. The molecule has 0 bridgehead atoms. The van der Waals surface area contributed by atoms with E-state index in [2.05, 4.69) is 26.1 Å². The molecule has 1 aliphatic rings. The highest BCUT2D eigenvalue weighted by atomic mass is 79.9. The van der Waals surface area contributed by atoms with Crippen LogP contribution in [0.4, 0.5) is 0 Å². The van der Waals surface area contributed by atoms with Gasteiger partial charge in [-0.1, -0.05) is 15.9 Å². The number of benzene rings is 1. The fraction of sp³-hybridized carbons (Fsp3) is 0.111. The molecule has 2 heterocycles. The Hall–Kier alpha value is -1.01. The lowest BCUT2D eigenvalue weighted by Crippen LogP contribution is -2.19. The maximum Gasteiger partial charge on any atom is 0.348 e. The number of fused-ring (bicyclic) bond motifs is 3. The van der Waals surface area contributed by atoms with Gasteiger partial charge in [0.25, 0.3) is 0 Å². The van der Waals surface area contributed by atoms with Crippen molar-refractivity contribution < 1.29 is 0 Å². The molecule has 76 valence electrons. The topological polar surface area (TPSA) is 50.7 Å². The van der Waals surface area contributed by atoms with Gasteiger partial charge >= 0.3 is 5.69 Å². The monoisotopic (exact) mass is 283 g/mol. The third-order valence-electron chi connectivity index (χ3n) is 2.26. The van der Waals surface area contributed by atoms with Crippen molar-refractivity contribution in [1.82, 2.24) is 14.8 Å². The minimum Gasteiger partial charge on any atom is -0.246 e. The minimum atomic E-state index is -0.172. The number of hydrogen-bond donors (Lipinski definition) is 1. The van der Waals surface area contributed by atoms with Crippen LogP contribution in [0.25, 0.3) is 5.69 Å². The number of hydrogen-bond acceptors (Lipinski definition) is 3. The Morgan fingerprint density at radius 2 is 2.40 bits per heavy atom. The molecule has 3 rings (SSSR count). The van der Waals surface area contributed by atoms with Crippen LogP contribution in [-0.4, -0.2) is 14.8 Å². The minimum absolute atomic E-state index is 0.172. The van der Waals surface area contributed by atoms with Gasteiger partial charge < -0.3 is 0 Å². The van der Waals surface area contributed by atoms with Gasteiger partial charge in [0.15, 0.2) is 0 Å². The van der Waals surface area contributed by atoms with Gasteiger partial charge in [0.1, 0.15) is 5.82 Å². The van der Waals surface area contributed by atoms with Crippen LogP contribution in [0, 0.1) is 0 Å². The molecular weight excluding hydrogens is 278 g/mol. The molecule has 15 heavy (non-hydrogen) atoms. The highest BCUT2D eigenvalue weighted by Gasteiger charge is 2.19. The van der Waals surface area contributed by atoms with E-state index in [0.29, 0.717) is 0 Å². The third-order valence-corrected chi connectivity index (χ3v) is 3.80. The average molecular weight is 284 g/mol. The van der Waals surface area contributed by atoms with Crippen molar-refractivity contribution in [3.63, 3.8) is 0 Å². The van der Waals surface area contributed by atoms with E-state index < -0.39 is 0 Å². The zero-order chi connectivity index (χ0) is 10.4. The molecule has 1 N–H and O–H groups in total. The number of nitrogens with zero attached hydrogens (tertiary/aromatic N) is 2. The zero-order valence-electron chi connectivity index (χ0n) is 7.53.